The van der Waals surface area contributed by atoms with Gasteiger partial charge in [-0.05, 0) is 19.4 Å². The maximum Gasteiger partial charge on any atom is 0.349 e. The van der Waals surface area contributed by atoms with Crippen LogP contribution in [0.15, 0.2) is 17.1 Å². The predicted octanol–water partition coefficient (Wildman–Crippen LogP) is 1.19. The molecule has 13 heavy (non-hydrogen) atoms. The van der Waals surface area contributed by atoms with Crippen molar-refractivity contribution in [2.45, 2.75) is 32.7 Å². The average Bonchev–Trinajstić information content (AvgIpc) is 2.04. The molecule has 1 rings (SSSR count). The molecule has 0 aliphatic rings. The molecule has 0 spiro atoms. The van der Waals surface area contributed by atoms with E-state index in [9.17, 15) is 4.79 Å². The van der Waals surface area contributed by atoms with Crippen LogP contribution in [-0.2, 0) is 0 Å². The highest BCUT2D eigenvalue weighted by Crippen LogP contribution is 2.09. The fourth-order valence-electron chi connectivity index (χ4n) is 1.32. The third kappa shape index (κ3) is 2.31. The second kappa shape index (κ2) is 4.07. The van der Waals surface area contributed by atoms with Crippen LogP contribution in [0.1, 0.15) is 32.7 Å². The molecule has 0 amide bonds. The van der Waals surface area contributed by atoms with Crippen LogP contribution in [0.2, 0.25) is 0 Å². The fourth-order valence-corrected chi connectivity index (χ4v) is 1.32. The molecule has 0 aliphatic heterocycles. The van der Waals surface area contributed by atoms with E-state index in [1.807, 2.05) is 6.92 Å². The summed E-state index contributed by atoms with van der Waals surface area (Å²) in [7, 11) is 0. The summed E-state index contributed by atoms with van der Waals surface area (Å²) in [5, 5.41) is 0. The van der Waals surface area contributed by atoms with Crippen molar-refractivity contribution in [1.29, 1.82) is 0 Å². The van der Waals surface area contributed by atoms with E-state index in [0.717, 1.165) is 12.8 Å². The van der Waals surface area contributed by atoms with E-state index in [1.54, 1.807) is 16.8 Å². The van der Waals surface area contributed by atoms with Crippen molar-refractivity contribution >= 4 is 5.82 Å². The second-order valence-electron chi connectivity index (χ2n) is 3.18. The van der Waals surface area contributed by atoms with Crippen LogP contribution >= 0.6 is 0 Å². The SMILES string of the molecule is CCCC(C)n1ccc(N)nc1=O. The monoisotopic (exact) mass is 181 g/mol. The van der Waals surface area contributed by atoms with E-state index >= 15 is 0 Å². The minimum absolute atomic E-state index is 0.200. The largest absolute Gasteiger partial charge is 0.383 e. The molecule has 72 valence electrons. The van der Waals surface area contributed by atoms with Gasteiger partial charge in [-0.2, -0.15) is 4.98 Å². The molecule has 0 bridgehead atoms. The van der Waals surface area contributed by atoms with Gasteiger partial charge in [-0.1, -0.05) is 13.3 Å². The number of rotatable bonds is 3. The molecule has 0 saturated heterocycles. The van der Waals surface area contributed by atoms with Crippen LogP contribution in [-0.4, -0.2) is 9.55 Å². The summed E-state index contributed by atoms with van der Waals surface area (Å²) in [6.45, 7) is 4.09. The third-order valence-electron chi connectivity index (χ3n) is 2.03. The van der Waals surface area contributed by atoms with Gasteiger partial charge in [0.1, 0.15) is 5.82 Å². The van der Waals surface area contributed by atoms with Gasteiger partial charge in [0.2, 0.25) is 0 Å². The van der Waals surface area contributed by atoms with Gasteiger partial charge in [0.25, 0.3) is 0 Å². The Morgan fingerprint density at radius 1 is 1.69 bits per heavy atom. The van der Waals surface area contributed by atoms with Crippen LogP contribution in [0.25, 0.3) is 0 Å². The molecular weight excluding hydrogens is 166 g/mol. The molecule has 1 aromatic heterocycles. The van der Waals surface area contributed by atoms with Crippen molar-refractivity contribution in [1.82, 2.24) is 9.55 Å². The topological polar surface area (TPSA) is 60.9 Å². The highest BCUT2D eigenvalue weighted by molar-refractivity contribution is 5.23. The molecule has 0 radical (unpaired) electrons. The molecule has 1 atom stereocenters. The lowest BCUT2D eigenvalue weighted by Gasteiger charge is -2.12. The molecule has 1 unspecified atom stereocenters. The summed E-state index contributed by atoms with van der Waals surface area (Å²) in [4.78, 5) is 15.0. The summed E-state index contributed by atoms with van der Waals surface area (Å²) < 4.78 is 1.61. The van der Waals surface area contributed by atoms with Crippen LogP contribution in [0, 0.1) is 0 Å². The standard InChI is InChI=1S/C9H15N3O/c1-3-4-7(2)12-6-5-8(10)11-9(12)13/h5-7H,3-4H2,1-2H3,(H2,10,11,13). The van der Waals surface area contributed by atoms with Crippen molar-refractivity contribution in [2.75, 3.05) is 5.73 Å². The lowest BCUT2D eigenvalue weighted by Crippen LogP contribution is -2.25. The Kier molecular flexibility index (Phi) is 3.06. The Bertz CT molecular complexity index is 332. The molecule has 4 nitrogen and oxygen atoms in total. The summed E-state index contributed by atoms with van der Waals surface area (Å²) in [5.41, 5.74) is 5.11. The molecule has 0 aliphatic carbocycles. The normalized spacial score (nSPS) is 12.8. The third-order valence-corrected chi connectivity index (χ3v) is 2.03. The van der Waals surface area contributed by atoms with E-state index in [2.05, 4.69) is 11.9 Å². The van der Waals surface area contributed by atoms with E-state index < -0.39 is 0 Å². The summed E-state index contributed by atoms with van der Waals surface area (Å²) in [5.74, 6) is 0.282. The van der Waals surface area contributed by atoms with E-state index in [1.165, 1.54) is 0 Å². The van der Waals surface area contributed by atoms with Crippen molar-refractivity contribution in [3.63, 3.8) is 0 Å². The number of nitrogen functional groups attached to an aromatic ring is 1. The van der Waals surface area contributed by atoms with Gasteiger partial charge >= 0.3 is 5.69 Å². The number of hydrogen-bond donors (Lipinski definition) is 1. The van der Waals surface area contributed by atoms with Gasteiger partial charge in [0, 0.05) is 12.2 Å². The number of aromatic nitrogens is 2. The maximum atomic E-state index is 11.3. The van der Waals surface area contributed by atoms with Crippen molar-refractivity contribution in [3.05, 3.63) is 22.7 Å². The van der Waals surface area contributed by atoms with Crippen LogP contribution in [0.4, 0.5) is 5.82 Å². The lowest BCUT2D eigenvalue weighted by molar-refractivity contribution is 0.478. The Hall–Kier alpha value is -1.32. The average molecular weight is 181 g/mol. The van der Waals surface area contributed by atoms with Gasteiger partial charge in [-0.3, -0.25) is 4.57 Å². The van der Waals surface area contributed by atoms with Crippen molar-refractivity contribution in [2.24, 2.45) is 0 Å². The summed E-state index contributed by atoms with van der Waals surface area (Å²) in [6, 6.07) is 1.85. The zero-order chi connectivity index (χ0) is 9.84. The molecule has 0 fully saturated rings. The molecule has 1 heterocycles. The number of nitrogens with zero attached hydrogens (tertiary/aromatic N) is 2. The van der Waals surface area contributed by atoms with Crippen LogP contribution in [0.5, 0.6) is 0 Å². The Morgan fingerprint density at radius 3 is 2.92 bits per heavy atom. The van der Waals surface area contributed by atoms with Gasteiger partial charge in [-0.15, -0.1) is 0 Å². The minimum Gasteiger partial charge on any atom is -0.383 e. The highest BCUT2D eigenvalue weighted by Gasteiger charge is 2.05. The first kappa shape index (κ1) is 9.77. The van der Waals surface area contributed by atoms with Gasteiger partial charge in [0.15, 0.2) is 0 Å². The van der Waals surface area contributed by atoms with Crippen molar-refractivity contribution in [3.8, 4) is 0 Å². The first-order chi connectivity index (χ1) is 6.15. The zero-order valence-electron chi connectivity index (χ0n) is 8.03. The Balaban J connectivity index is 2.95. The molecule has 4 heteroatoms. The van der Waals surface area contributed by atoms with Gasteiger partial charge < -0.3 is 5.73 Å². The molecule has 1 aromatic rings. The summed E-state index contributed by atoms with van der Waals surface area (Å²) >= 11 is 0. The Morgan fingerprint density at radius 2 is 2.38 bits per heavy atom. The maximum absolute atomic E-state index is 11.3. The van der Waals surface area contributed by atoms with E-state index in [0.29, 0.717) is 0 Å². The zero-order valence-corrected chi connectivity index (χ0v) is 8.03. The molecule has 0 aromatic carbocycles. The predicted molar refractivity (Wildman–Crippen MR) is 52.5 cm³/mol. The van der Waals surface area contributed by atoms with Crippen LogP contribution in [0.3, 0.4) is 0 Å². The second-order valence-corrected chi connectivity index (χ2v) is 3.18. The van der Waals surface area contributed by atoms with Crippen molar-refractivity contribution < 1.29 is 0 Å². The molecule has 0 saturated carbocycles. The molecular formula is C9H15N3O. The Labute approximate surface area is 77.4 Å². The highest BCUT2D eigenvalue weighted by atomic mass is 16.1. The summed E-state index contributed by atoms with van der Waals surface area (Å²) in [6.07, 6.45) is 3.73. The van der Waals surface area contributed by atoms with Gasteiger partial charge in [0.05, 0.1) is 0 Å². The van der Waals surface area contributed by atoms with Gasteiger partial charge in [-0.25, -0.2) is 4.79 Å². The number of anilines is 1. The molecule has 2 N–H and O–H groups in total. The van der Waals surface area contributed by atoms with E-state index in [4.69, 9.17) is 5.73 Å². The van der Waals surface area contributed by atoms with Crippen LogP contribution < -0.4 is 11.4 Å². The fraction of sp³-hybridized carbons (Fsp3) is 0.556. The first-order valence-electron chi connectivity index (χ1n) is 4.49. The number of nitrogens with two attached hydrogens (primary N) is 1. The quantitative estimate of drug-likeness (QED) is 0.761. The lowest BCUT2D eigenvalue weighted by atomic mass is 10.2. The first-order valence-corrected chi connectivity index (χ1v) is 4.49. The smallest absolute Gasteiger partial charge is 0.349 e. The number of hydrogen-bond acceptors (Lipinski definition) is 3. The van der Waals surface area contributed by atoms with E-state index in [-0.39, 0.29) is 17.5 Å². The minimum atomic E-state index is -0.263.